The maximum atomic E-state index is 11.0. The molecule has 0 aromatic heterocycles. The van der Waals surface area contributed by atoms with Crippen LogP contribution in [0.2, 0.25) is 0 Å². The molecule has 130 valence electrons. The van der Waals surface area contributed by atoms with Gasteiger partial charge in [0.15, 0.2) is 0 Å². The van der Waals surface area contributed by atoms with Gasteiger partial charge in [0.25, 0.3) is 11.8 Å². The number of oxime groups is 1. The first-order valence-corrected chi connectivity index (χ1v) is 7.69. The highest BCUT2D eigenvalue weighted by Gasteiger charge is 2.20. The lowest BCUT2D eigenvalue weighted by Gasteiger charge is -2.04. The quantitative estimate of drug-likeness (QED) is 0.371. The number of nitrogens with zero attached hydrogens (tertiary/aromatic N) is 3. The van der Waals surface area contributed by atoms with Gasteiger partial charge in [0.2, 0.25) is 5.90 Å². The molecule has 1 aliphatic rings. The van der Waals surface area contributed by atoms with E-state index in [2.05, 4.69) is 15.4 Å². The van der Waals surface area contributed by atoms with Gasteiger partial charge in [-0.2, -0.15) is 0 Å². The van der Waals surface area contributed by atoms with Gasteiger partial charge in [-0.15, -0.1) is 10.2 Å². The van der Waals surface area contributed by atoms with Gasteiger partial charge in [-0.3, -0.25) is 9.59 Å². The lowest BCUT2D eigenvalue weighted by Crippen LogP contribution is -2.10. The van der Waals surface area contributed by atoms with E-state index in [-0.39, 0.29) is 0 Å². The predicted molar refractivity (Wildman–Crippen MR) is 88.9 cm³/mol. The Balaban J connectivity index is 0.000000240. The van der Waals surface area contributed by atoms with Crippen LogP contribution < -0.4 is 5.73 Å². The Hall–Kier alpha value is -2.61. The van der Waals surface area contributed by atoms with Crippen LogP contribution in [-0.2, 0) is 9.57 Å². The molecule has 1 aliphatic heterocycles. The molecule has 8 nitrogen and oxygen atoms in total. The molecule has 0 bridgehead atoms. The van der Waals surface area contributed by atoms with Crippen LogP contribution in [0, 0.1) is 0 Å². The Bertz CT molecular complexity index is 577. The molecule has 24 heavy (non-hydrogen) atoms. The summed E-state index contributed by atoms with van der Waals surface area (Å²) in [5, 5.41) is 10.1. The molecular formula is C16H22N4O4. The number of hydrogen-bond acceptors (Lipinski definition) is 6. The van der Waals surface area contributed by atoms with Crippen LogP contribution in [0.5, 0.6) is 0 Å². The summed E-state index contributed by atoms with van der Waals surface area (Å²) in [6.07, 6.45) is 1.92. The smallest absolute Gasteiger partial charge is 0.296 e. The Kier molecular flexibility index (Phi) is 8.91. The van der Waals surface area contributed by atoms with E-state index in [0.29, 0.717) is 36.8 Å². The molecule has 0 aliphatic carbocycles. The molecule has 2 amide bonds. The highest BCUT2D eigenvalue weighted by molar-refractivity contribution is 6.10. The van der Waals surface area contributed by atoms with Gasteiger partial charge in [-0.25, -0.2) is 0 Å². The van der Waals surface area contributed by atoms with Crippen LogP contribution in [0.15, 0.2) is 39.6 Å². The molecule has 0 atom stereocenters. The monoisotopic (exact) mass is 334 g/mol. The number of unbranched alkanes of at least 4 members (excludes halogenated alkanes) is 1. The van der Waals surface area contributed by atoms with Crippen LogP contribution in [-0.4, -0.2) is 37.5 Å². The number of carbonyl (C=O) groups excluding carboxylic acids is 2. The number of nitrogens with two attached hydrogens (primary N) is 1. The summed E-state index contributed by atoms with van der Waals surface area (Å²) in [5.41, 5.74) is 5.96. The van der Waals surface area contributed by atoms with E-state index in [0.717, 1.165) is 12.8 Å². The third-order valence-electron chi connectivity index (χ3n) is 2.86. The fraction of sp³-hybridized carbons (Fsp3) is 0.438. The minimum absolute atomic E-state index is 0.331. The fourth-order valence-corrected chi connectivity index (χ4v) is 1.74. The van der Waals surface area contributed by atoms with Crippen molar-refractivity contribution in [1.82, 2.24) is 0 Å². The van der Waals surface area contributed by atoms with Crippen molar-refractivity contribution in [3.63, 3.8) is 0 Å². The Labute approximate surface area is 140 Å². The predicted octanol–water partition coefficient (Wildman–Crippen LogP) is 2.54. The second-order valence-corrected chi connectivity index (χ2v) is 4.73. The number of carbonyl (C=O) groups is 2. The third-order valence-corrected chi connectivity index (χ3v) is 2.86. The molecule has 2 N–H and O–H groups in total. The molecule has 0 unspecified atom stereocenters. The zero-order chi connectivity index (χ0) is 17.8. The van der Waals surface area contributed by atoms with Crippen LogP contribution >= 0.6 is 0 Å². The van der Waals surface area contributed by atoms with E-state index in [1.54, 1.807) is 31.2 Å². The van der Waals surface area contributed by atoms with Crippen LogP contribution in [0.4, 0.5) is 0 Å². The molecule has 8 heteroatoms. The molecule has 0 saturated heterocycles. The Morgan fingerprint density at radius 2 is 1.71 bits per heavy atom. The normalized spacial score (nSPS) is 13.0. The molecule has 0 radical (unpaired) electrons. The van der Waals surface area contributed by atoms with Gasteiger partial charge in [-0.05, 0) is 38.4 Å². The number of rotatable bonds is 6. The van der Waals surface area contributed by atoms with Gasteiger partial charge in [0, 0.05) is 6.92 Å². The first-order valence-electron chi connectivity index (χ1n) is 7.69. The standard InChI is InChI=1S/C8H4N2O2.C8H18N2O2/c11-7-5-3-1-2-4-6(5)8(12)10-9-7;1-3-11-8(2)10-12-7-5-4-6-9/h1-4H;3-7,9H2,1-2H3. The first kappa shape index (κ1) is 19.4. The number of ether oxygens (including phenoxy) is 1. The summed E-state index contributed by atoms with van der Waals surface area (Å²) in [7, 11) is 0. The minimum atomic E-state index is -0.454. The average molecular weight is 334 g/mol. The molecular weight excluding hydrogens is 312 g/mol. The van der Waals surface area contributed by atoms with Gasteiger partial charge in [0.1, 0.15) is 6.61 Å². The van der Waals surface area contributed by atoms with Crippen molar-refractivity contribution in [3.05, 3.63) is 35.4 Å². The third kappa shape index (κ3) is 6.66. The maximum absolute atomic E-state index is 11.0. The van der Waals surface area contributed by atoms with Gasteiger partial charge < -0.3 is 15.3 Å². The van der Waals surface area contributed by atoms with Crippen molar-refractivity contribution < 1.29 is 19.2 Å². The summed E-state index contributed by atoms with van der Waals surface area (Å²) in [5.74, 6) is -0.333. The lowest BCUT2D eigenvalue weighted by molar-refractivity contribution is 0.0920. The summed E-state index contributed by atoms with van der Waals surface area (Å²) in [6.45, 7) is 5.63. The van der Waals surface area contributed by atoms with E-state index in [4.69, 9.17) is 15.3 Å². The Morgan fingerprint density at radius 1 is 1.12 bits per heavy atom. The second kappa shape index (κ2) is 11.0. The molecule has 0 spiro atoms. The lowest BCUT2D eigenvalue weighted by atomic mass is 10.1. The van der Waals surface area contributed by atoms with Crippen molar-refractivity contribution in [2.45, 2.75) is 26.7 Å². The topological polar surface area (TPSA) is 116 Å². The summed E-state index contributed by atoms with van der Waals surface area (Å²) >= 11 is 0. The van der Waals surface area contributed by atoms with Crippen LogP contribution in [0.25, 0.3) is 0 Å². The minimum Gasteiger partial charge on any atom is -0.479 e. The SMILES string of the molecule is CCOC(C)=NOCCCCN.O=C1N=NC(=O)c2ccccc21. The first-order chi connectivity index (χ1) is 11.6. The largest absolute Gasteiger partial charge is 0.479 e. The molecule has 1 aromatic carbocycles. The van der Waals surface area contributed by atoms with Gasteiger partial charge in [-0.1, -0.05) is 17.3 Å². The number of fused-ring (bicyclic) bond motifs is 1. The van der Waals surface area contributed by atoms with E-state index in [9.17, 15) is 9.59 Å². The number of azo groups is 1. The van der Waals surface area contributed by atoms with E-state index in [1.807, 2.05) is 6.92 Å². The summed E-state index contributed by atoms with van der Waals surface area (Å²) in [4.78, 5) is 27.0. The van der Waals surface area contributed by atoms with E-state index >= 15 is 0 Å². The number of amides is 2. The van der Waals surface area contributed by atoms with Crippen molar-refractivity contribution >= 4 is 17.7 Å². The van der Waals surface area contributed by atoms with E-state index in [1.165, 1.54) is 0 Å². The molecule has 0 fully saturated rings. The van der Waals surface area contributed by atoms with Crippen molar-refractivity contribution in [3.8, 4) is 0 Å². The Morgan fingerprint density at radius 3 is 2.21 bits per heavy atom. The highest BCUT2D eigenvalue weighted by Crippen LogP contribution is 2.15. The second-order valence-electron chi connectivity index (χ2n) is 4.73. The van der Waals surface area contributed by atoms with Crippen molar-refractivity contribution in [2.24, 2.45) is 21.1 Å². The number of benzene rings is 1. The zero-order valence-corrected chi connectivity index (χ0v) is 13.9. The molecule has 2 rings (SSSR count). The molecule has 1 aromatic rings. The molecule has 1 heterocycles. The number of hydrogen-bond donors (Lipinski definition) is 1. The highest BCUT2D eigenvalue weighted by atomic mass is 16.6. The fourth-order valence-electron chi connectivity index (χ4n) is 1.74. The van der Waals surface area contributed by atoms with Gasteiger partial charge in [0.05, 0.1) is 17.7 Å². The summed E-state index contributed by atoms with van der Waals surface area (Å²) < 4.78 is 5.05. The van der Waals surface area contributed by atoms with E-state index < -0.39 is 11.8 Å². The average Bonchev–Trinajstić information content (AvgIpc) is 2.59. The van der Waals surface area contributed by atoms with Gasteiger partial charge >= 0.3 is 0 Å². The summed E-state index contributed by atoms with van der Waals surface area (Å²) in [6, 6.07) is 6.50. The van der Waals surface area contributed by atoms with Crippen LogP contribution in [0.3, 0.4) is 0 Å². The molecule has 0 saturated carbocycles. The zero-order valence-electron chi connectivity index (χ0n) is 13.9. The maximum Gasteiger partial charge on any atom is 0.296 e. The van der Waals surface area contributed by atoms with Crippen molar-refractivity contribution in [2.75, 3.05) is 19.8 Å². The van der Waals surface area contributed by atoms with Crippen LogP contribution in [0.1, 0.15) is 47.4 Å². The van der Waals surface area contributed by atoms with Crippen molar-refractivity contribution in [1.29, 1.82) is 0 Å².